The fourth-order valence-electron chi connectivity index (χ4n) is 1.39. The highest BCUT2D eigenvalue weighted by Crippen LogP contribution is 2.11. The van der Waals surface area contributed by atoms with Crippen LogP contribution in [0.2, 0.25) is 0 Å². The van der Waals surface area contributed by atoms with Crippen molar-refractivity contribution in [2.45, 2.75) is 18.0 Å². The summed E-state index contributed by atoms with van der Waals surface area (Å²) in [4.78, 5) is 15.5. The molecule has 7 heteroatoms. The summed E-state index contributed by atoms with van der Waals surface area (Å²) in [7, 11) is 0.0166. The molecule has 6 nitrogen and oxygen atoms in total. The van der Waals surface area contributed by atoms with Crippen LogP contribution in [0, 0.1) is 0 Å². The average Bonchev–Trinajstić information content (AvgIpc) is 2.29. The quantitative estimate of drug-likeness (QED) is 0.755. The standard InChI is InChI=1S/C11H17N3O3S/c1-8(6-17-2)14-10(15)7-18(16)11-9(12)4-3-5-13-11/h3-5,8H,6-7,12H2,1-2H3,(H,14,15). The highest BCUT2D eigenvalue weighted by atomic mass is 32.2. The van der Waals surface area contributed by atoms with E-state index >= 15 is 0 Å². The first-order valence-corrected chi connectivity index (χ1v) is 6.73. The number of methoxy groups -OCH3 is 1. The molecule has 1 aromatic rings. The number of anilines is 1. The van der Waals surface area contributed by atoms with E-state index in [-0.39, 0.29) is 22.7 Å². The van der Waals surface area contributed by atoms with Crippen LogP contribution in [0.25, 0.3) is 0 Å². The third kappa shape index (κ3) is 4.42. The summed E-state index contributed by atoms with van der Waals surface area (Å²) in [5, 5.41) is 2.92. The van der Waals surface area contributed by atoms with Gasteiger partial charge in [0, 0.05) is 19.3 Å². The van der Waals surface area contributed by atoms with E-state index < -0.39 is 10.8 Å². The molecule has 100 valence electrons. The number of hydrogen-bond donors (Lipinski definition) is 2. The van der Waals surface area contributed by atoms with Gasteiger partial charge in [0.15, 0.2) is 5.03 Å². The van der Waals surface area contributed by atoms with Crippen molar-refractivity contribution in [2.24, 2.45) is 0 Å². The summed E-state index contributed by atoms with van der Waals surface area (Å²) in [6.07, 6.45) is 1.50. The molecule has 0 aliphatic rings. The average molecular weight is 271 g/mol. The molecule has 18 heavy (non-hydrogen) atoms. The summed E-state index contributed by atoms with van der Waals surface area (Å²) in [5.74, 6) is -0.474. The summed E-state index contributed by atoms with van der Waals surface area (Å²) in [6.45, 7) is 2.21. The number of nitrogens with two attached hydrogens (primary N) is 1. The van der Waals surface area contributed by atoms with Gasteiger partial charge in [-0.15, -0.1) is 0 Å². The lowest BCUT2D eigenvalue weighted by Crippen LogP contribution is -2.38. The molecule has 0 saturated carbocycles. The van der Waals surface area contributed by atoms with Gasteiger partial charge in [0.1, 0.15) is 5.75 Å². The zero-order valence-electron chi connectivity index (χ0n) is 10.4. The summed E-state index contributed by atoms with van der Waals surface area (Å²) in [5.41, 5.74) is 5.97. The lowest BCUT2D eigenvalue weighted by atomic mass is 10.3. The van der Waals surface area contributed by atoms with Gasteiger partial charge in [-0.25, -0.2) is 4.98 Å². The summed E-state index contributed by atoms with van der Waals surface area (Å²) >= 11 is 0. The Bertz CT molecular complexity index is 439. The van der Waals surface area contributed by atoms with Gasteiger partial charge in [-0.1, -0.05) is 0 Å². The Morgan fingerprint density at radius 3 is 3.00 bits per heavy atom. The summed E-state index contributed by atoms with van der Waals surface area (Å²) < 4.78 is 16.8. The second kappa shape index (κ2) is 7.07. The maximum atomic E-state index is 11.9. The topological polar surface area (TPSA) is 94.3 Å². The van der Waals surface area contributed by atoms with E-state index in [1.54, 1.807) is 26.2 Å². The van der Waals surface area contributed by atoms with E-state index in [4.69, 9.17) is 10.5 Å². The number of hydrogen-bond acceptors (Lipinski definition) is 5. The van der Waals surface area contributed by atoms with Crippen molar-refractivity contribution < 1.29 is 13.7 Å². The zero-order chi connectivity index (χ0) is 13.5. The number of nitrogens with one attached hydrogen (secondary N) is 1. The van der Waals surface area contributed by atoms with Gasteiger partial charge in [-0.3, -0.25) is 9.00 Å². The molecule has 0 spiro atoms. The Labute approximate surface area is 108 Å². The van der Waals surface area contributed by atoms with E-state index in [9.17, 15) is 9.00 Å². The van der Waals surface area contributed by atoms with Crippen molar-refractivity contribution in [1.82, 2.24) is 10.3 Å². The SMILES string of the molecule is COCC(C)NC(=O)CS(=O)c1ncccc1N. The van der Waals surface area contributed by atoms with Crippen molar-refractivity contribution in [2.75, 3.05) is 25.2 Å². The second-order valence-electron chi connectivity index (χ2n) is 3.81. The highest BCUT2D eigenvalue weighted by molar-refractivity contribution is 7.85. The number of carbonyl (C=O) groups excluding carboxylic acids is 1. The van der Waals surface area contributed by atoms with E-state index in [2.05, 4.69) is 10.3 Å². The van der Waals surface area contributed by atoms with Gasteiger partial charge in [-0.2, -0.15) is 0 Å². The van der Waals surface area contributed by atoms with Crippen LogP contribution in [-0.4, -0.2) is 40.6 Å². The minimum atomic E-state index is -1.53. The Morgan fingerprint density at radius 1 is 1.67 bits per heavy atom. The van der Waals surface area contributed by atoms with Crippen molar-refractivity contribution in [3.8, 4) is 0 Å². The number of ether oxygens (including phenoxy) is 1. The molecule has 1 aromatic heterocycles. The number of carbonyl (C=O) groups is 1. The molecular weight excluding hydrogens is 254 g/mol. The molecule has 1 rings (SSSR count). The maximum absolute atomic E-state index is 11.9. The van der Waals surface area contributed by atoms with Gasteiger partial charge in [0.2, 0.25) is 5.91 Å². The lowest BCUT2D eigenvalue weighted by molar-refractivity contribution is -0.119. The molecule has 0 aliphatic carbocycles. The molecule has 0 fully saturated rings. The molecule has 1 amide bonds. The first-order chi connectivity index (χ1) is 8.54. The van der Waals surface area contributed by atoms with Gasteiger partial charge in [-0.05, 0) is 19.1 Å². The summed E-state index contributed by atoms with van der Waals surface area (Å²) in [6, 6.07) is 3.13. The fourth-order valence-corrected chi connectivity index (χ4v) is 2.36. The Balaban J connectivity index is 2.55. The molecular formula is C11H17N3O3S. The number of nitrogen functional groups attached to an aromatic ring is 1. The van der Waals surface area contributed by atoms with Crippen molar-refractivity contribution >= 4 is 22.4 Å². The molecule has 0 radical (unpaired) electrons. The number of amides is 1. The van der Waals surface area contributed by atoms with Crippen LogP contribution in [0.4, 0.5) is 5.69 Å². The minimum Gasteiger partial charge on any atom is -0.396 e. The van der Waals surface area contributed by atoms with Crippen LogP contribution >= 0.6 is 0 Å². The molecule has 0 bridgehead atoms. The minimum absolute atomic E-state index is 0.124. The van der Waals surface area contributed by atoms with E-state index in [0.29, 0.717) is 12.3 Å². The number of rotatable bonds is 6. The zero-order valence-corrected chi connectivity index (χ0v) is 11.2. The Morgan fingerprint density at radius 2 is 2.39 bits per heavy atom. The fraction of sp³-hybridized carbons (Fsp3) is 0.455. The van der Waals surface area contributed by atoms with E-state index in [1.165, 1.54) is 6.20 Å². The van der Waals surface area contributed by atoms with Gasteiger partial charge >= 0.3 is 0 Å². The number of nitrogens with zero attached hydrogens (tertiary/aromatic N) is 1. The van der Waals surface area contributed by atoms with Crippen molar-refractivity contribution in [3.05, 3.63) is 18.3 Å². The molecule has 2 atom stereocenters. The predicted octanol–water partition coefficient (Wildman–Crippen LogP) is -0.0775. The van der Waals surface area contributed by atoms with Crippen LogP contribution in [-0.2, 0) is 20.3 Å². The highest BCUT2D eigenvalue weighted by Gasteiger charge is 2.15. The molecule has 0 aromatic carbocycles. The van der Waals surface area contributed by atoms with Crippen molar-refractivity contribution in [3.63, 3.8) is 0 Å². The molecule has 1 heterocycles. The van der Waals surface area contributed by atoms with Crippen LogP contribution in [0.3, 0.4) is 0 Å². The normalized spacial score (nSPS) is 13.9. The lowest BCUT2D eigenvalue weighted by Gasteiger charge is -2.12. The third-order valence-electron chi connectivity index (χ3n) is 2.10. The number of aromatic nitrogens is 1. The predicted molar refractivity (Wildman–Crippen MR) is 69.4 cm³/mol. The Kier molecular flexibility index (Phi) is 5.73. The van der Waals surface area contributed by atoms with Crippen LogP contribution in [0.1, 0.15) is 6.92 Å². The van der Waals surface area contributed by atoms with Gasteiger partial charge in [0.25, 0.3) is 0 Å². The van der Waals surface area contributed by atoms with Crippen LogP contribution in [0.5, 0.6) is 0 Å². The van der Waals surface area contributed by atoms with Gasteiger partial charge in [0.05, 0.1) is 23.1 Å². The van der Waals surface area contributed by atoms with Crippen LogP contribution < -0.4 is 11.1 Å². The molecule has 2 unspecified atom stereocenters. The second-order valence-corrected chi connectivity index (χ2v) is 5.18. The first-order valence-electron chi connectivity index (χ1n) is 5.41. The van der Waals surface area contributed by atoms with Crippen molar-refractivity contribution in [1.29, 1.82) is 0 Å². The van der Waals surface area contributed by atoms with E-state index in [0.717, 1.165) is 0 Å². The smallest absolute Gasteiger partial charge is 0.233 e. The largest absolute Gasteiger partial charge is 0.396 e. The molecule has 0 saturated heterocycles. The van der Waals surface area contributed by atoms with Crippen LogP contribution in [0.15, 0.2) is 23.4 Å². The third-order valence-corrected chi connectivity index (χ3v) is 3.40. The first kappa shape index (κ1) is 14.6. The number of pyridine rings is 1. The molecule has 0 aliphatic heterocycles. The van der Waals surface area contributed by atoms with E-state index in [1.807, 2.05) is 0 Å². The molecule has 3 N–H and O–H groups in total. The Hall–Kier alpha value is -1.47. The monoisotopic (exact) mass is 271 g/mol. The maximum Gasteiger partial charge on any atom is 0.233 e. The van der Waals surface area contributed by atoms with Gasteiger partial charge < -0.3 is 15.8 Å².